The summed E-state index contributed by atoms with van der Waals surface area (Å²) < 4.78 is 8.13. The van der Waals surface area contributed by atoms with Crippen molar-refractivity contribution in [2.75, 3.05) is 0 Å². The Bertz CT molecular complexity index is 983. The van der Waals surface area contributed by atoms with Gasteiger partial charge in [0.1, 0.15) is 11.6 Å². The summed E-state index contributed by atoms with van der Waals surface area (Å²) in [6, 6.07) is 16.7. The summed E-state index contributed by atoms with van der Waals surface area (Å²) in [5, 5.41) is 0. The van der Waals surface area contributed by atoms with Crippen LogP contribution in [0, 0.1) is 0 Å². The number of nitrogens with one attached hydrogen (secondary N) is 1. The average Bonchev–Trinajstić information content (AvgIpc) is 3.28. The van der Waals surface area contributed by atoms with Crippen LogP contribution >= 0.6 is 0 Å². The maximum absolute atomic E-state index is 5.87. The van der Waals surface area contributed by atoms with E-state index < -0.39 is 0 Å². The average molecular weight is 330 g/mol. The molecule has 0 spiro atoms. The molecule has 0 fully saturated rings. The fourth-order valence-corrected chi connectivity index (χ4v) is 3.59. The molecule has 124 valence electrons. The first-order chi connectivity index (χ1) is 12.4. The lowest BCUT2D eigenvalue weighted by atomic mass is 9.91. The van der Waals surface area contributed by atoms with Gasteiger partial charge in [-0.25, -0.2) is 4.98 Å². The minimum absolute atomic E-state index is 0.365. The number of ether oxygens (including phenoxy) is 1. The highest BCUT2D eigenvalue weighted by atomic mass is 16.5. The molecule has 1 aliphatic heterocycles. The number of rotatable bonds is 3. The SMILES string of the molecule is c1ccc2[nH]c(Oc3ccc(C4CCCn5ccnc54)cc3)nc2c1. The van der Waals surface area contributed by atoms with E-state index in [-0.39, 0.29) is 0 Å². The van der Waals surface area contributed by atoms with E-state index in [9.17, 15) is 0 Å². The topological polar surface area (TPSA) is 55.7 Å². The van der Waals surface area contributed by atoms with Gasteiger partial charge in [0.05, 0.1) is 11.0 Å². The zero-order chi connectivity index (χ0) is 16.6. The van der Waals surface area contributed by atoms with E-state index in [1.165, 1.54) is 12.0 Å². The van der Waals surface area contributed by atoms with Crippen LogP contribution in [0.4, 0.5) is 0 Å². The third-order valence-corrected chi connectivity index (χ3v) is 4.82. The molecule has 3 heterocycles. The minimum Gasteiger partial charge on any atom is -0.426 e. The van der Waals surface area contributed by atoms with Gasteiger partial charge in [-0.2, -0.15) is 4.98 Å². The maximum atomic E-state index is 5.87. The summed E-state index contributed by atoms with van der Waals surface area (Å²) in [5.41, 5.74) is 3.16. The number of benzene rings is 2. The van der Waals surface area contributed by atoms with E-state index in [0.29, 0.717) is 11.9 Å². The van der Waals surface area contributed by atoms with Gasteiger partial charge in [0, 0.05) is 24.9 Å². The lowest BCUT2D eigenvalue weighted by Gasteiger charge is -2.23. The molecule has 5 rings (SSSR count). The van der Waals surface area contributed by atoms with Gasteiger partial charge in [-0.15, -0.1) is 0 Å². The van der Waals surface area contributed by atoms with Gasteiger partial charge in [-0.3, -0.25) is 0 Å². The lowest BCUT2D eigenvalue weighted by molar-refractivity contribution is 0.448. The van der Waals surface area contributed by atoms with Crippen LogP contribution in [0.2, 0.25) is 0 Å². The van der Waals surface area contributed by atoms with Gasteiger partial charge in [-0.1, -0.05) is 24.3 Å². The molecule has 2 aromatic heterocycles. The summed E-state index contributed by atoms with van der Waals surface area (Å²) in [7, 11) is 0. The van der Waals surface area contributed by atoms with Crippen LogP contribution < -0.4 is 4.74 Å². The third kappa shape index (κ3) is 2.58. The number of imidazole rings is 2. The number of nitrogens with zero attached hydrogens (tertiary/aromatic N) is 3. The van der Waals surface area contributed by atoms with Crippen molar-refractivity contribution < 1.29 is 4.74 Å². The highest BCUT2D eigenvalue weighted by molar-refractivity contribution is 5.75. The molecule has 2 aromatic carbocycles. The smallest absolute Gasteiger partial charge is 0.300 e. The van der Waals surface area contributed by atoms with Crippen molar-refractivity contribution in [2.24, 2.45) is 0 Å². The second-order valence-electron chi connectivity index (χ2n) is 6.40. The molecule has 0 saturated carbocycles. The molecule has 1 atom stereocenters. The van der Waals surface area contributed by atoms with Crippen molar-refractivity contribution in [3.05, 3.63) is 72.3 Å². The molecule has 0 radical (unpaired) electrons. The van der Waals surface area contributed by atoms with Crippen molar-refractivity contribution in [1.82, 2.24) is 19.5 Å². The largest absolute Gasteiger partial charge is 0.426 e. The van der Waals surface area contributed by atoms with Gasteiger partial charge in [0.15, 0.2) is 0 Å². The van der Waals surface area contributed by atoms with Gasteiger partial charge in [0.25, 0.3) is 6.01 Å². The quantitative estimate of drug-likeness (QED) is 0.602. The van der Waals surface area contributed by atoms with Crippen LogP contribution in [0.15, 0.2) is 60.9 Å². The predicted octanol–water partition coefficient (Wildman–Crippen LogP) is 4.48. The fourth-order valence-electron chi connectivity index (χ4n) is 3.59. The fraction of sp³-hybridized carbons (Fsp3) is 0.200. The van der Waals surface area contributed by atoms with Gasteiger partial charge in [-0.05, 0) is 42.7 Å². The molecular weight excluding hydrogens is 312 g/mol. The van der Waals surface area contributed by atoms with Crippen LogP contribution in [-0.4, -0.2) is 19.5 Å². The highest BCUT2D eigenvalue weighted by Gasteiger charge is 2.22. The molecular formula is C20H18N4O. The summed E-state index contributed by atoms with van der Waals surface area (Å²) in [6.45, 7) is 1.07. The molecule has 5 nitrogen and oxygen atoms in total. The Morgan fingerprint density at radius 2 is 1.96 bits per heavy atom. The van der Waals surface area contributed by atoms with E-state index in [2.05, 4.69) is 37.8 Å². The molecule has 1 N–H and O–H groups in total. The molecule has 1 unspecified atom stereocenters. The summed E-state index contributed by atoms with van der Waals surface area (Å²) in [6.07, 6.45) is 6.29. The number of hydrogen-bond acceptors (Lipinski definition) is 3. The normalized spacial score (nSPS) is 16.7. The van der Waals surface area contributed by atoms with Gasteiger partial charge >= 0.3 is 0 Å². The maximum Gasteiger partial charge on any atom is 0.300 e. The number of aromatic amines is 1. The molecule has 0 aliphatic carbocycles. The Kier molecular flexibility index (Phi) is 3.30. The first-order valence-corrected chi connectivity index (χ1v) is 8.60. The second-order valence-corrected chi connectivity index (χ2v) is 6.40. The van der Waals surface area contributed by atoms with Crippen molar-refractivity contribution in [1.29, 1.82) is 0 Å². The predicted molar refractivity (Wildman–Crippen MR) is 95.9 cm³/mol. The lowest BCUT2D eigenvalue weighted by Crippen LogP contribution is -2.16. The standard InChI is InChI=1S/C20H18N4O/c1-2-6-18-17(5-1)22-20(23-18)25-15-9-7-14(8-10-15)16-4-3-12-24-13-11-21-19(16)24/h1-2,5-11,13,16H,3-4,12H2,(H,22,23). The number of para-hydroxylation sites is 2. The van der Waals surface area contributed by atoms with Crippen LogP contribution in [0.5, 0.6) is 11.8 Å². The highest BCUT2D eigenvalue weighted by Crippen LogP contribution is 2.33. The van der Waals surface area contributed by atoms with Gasteiger partial charge < -0.3 is 14.3 Å². The van der Waals surface area contributed by atoms with Crippen molar-refractivity contribution in [3.63, 3.8) is 0 Å². The molecule has 1 aliphatic rings. The number of aryl methyl sites for hydroxylation is 1. The summed E-state index contributed by atoms with van der Waals surface area (Å²) in [4.78, 5) is 12.2. The van der Waals surface area contributed by atoms with Crippen LogP contribution in [0.25, 0.3) is 11.0 Å². The first-order valence-electron chi connectivity index (χ1n) is 8.60. The van der Waals surface area contributed by atoms with E-state index in [1.807, 2.05) is 42.6 Å². The summed E-state index contributed by atoms with van der Waals surface area (Å²) >= 11 is 0. The summed E-state index contributed by atoms with van der Waals surface area (Å²) in [5.74, 6) is 2.31. The van der Waals surface area contributed by atoms with E-state index >= 15 is 0 Å². The molecule has 0 saturated heterocycles. The van der Waals surface area contributed by atoms with Crippen molar-refractivity contribution >= 4 is 11.0 Å². The zero-order valence-corrected chi connectivity index (χ0v) is 13.7. The number of aromatic nitrogens is 4. The molecule has 4 aromatic rings. The Balaban J connectivity index is 1.39. The molecule has 5 heteroatoms. The molecule has 25 heavy (non-hydrogen) atoms. The van der Waals surface area contributed by atoms with Crippen LogP contribution in [0.1, 0.15) is 30.1 Å². The van der Waals surface area contributed by atoms with Crippen LogP contribution in [0.3, 0.4) is 0 Å². The van der Waals surface area contributed by atoms with E-state index in [4.69, 9.17) is 4.74 Å². The van der Waals surface area contributed by atoms with Gasteiger partial charge in [0.2, 0.25) is 0 Å². The van der Waals surface area contributed by atoms with E-state index in [1.54, 1.807) is 0 Å². The molecule has 0 bridgehead atoms. The van der Waals surface area contributed by atoms with E-state index in [0.717, 1.165) is 35.6 Å². The number of fused-ring (bicyclic) bond motifs is 2. The molecule has 0 amide bonds. The Labute approximate surface area is 145 Å². The number of hydrogen-bond donors (Lipinski definition) is 1. The second kappa shape index (κ2) is 5.77. The van der Waals surface area contributed by atoms with Crippen molar-refractivity contribution in [2.45, 2.75) is 25.3 Å². The van der Waals surface area contributed by atoms with Crippen molar-refractivity contribution in [3.8, 4) is 11.8 Å². The zero-order valence-electron chi connectivity index (χ0n) is 13.7. The van der Waals surface area contributed by atoms with Crippen LogP contribution in [-0.2, 0) is 6.54 Å². The minimum atomic E-state index is 0.365. The Morgan fingerprint density at radius 3 is 2.84 bits per heavy atom. The third-order valence-electron chi connectivity index (χ3n) is 4.82. The monoisotopic (exact) mass is 330 g/mol. The Morgan fingerprint density at radius 1 is 1.08 bits per heavy atom. The Hall–Kier alpha value is -3.08. The first kappa shape index (κ1) is 14.3. The number of H-pyrrole nitrogens is 1.